The maximum absolute atomic E-state index is 5.74. The molecule has 0 aliphatic carbocycles. The third kappa shape index (κ3) is 3.55. The Kier molecular flexibility index (Phi) is 4.33. The number of nitrogens with two attached hydrogens (primary N) is 1. The molecule has 0 saturated carbocycles. The average Bonchev–Trinajstić information content (AvgIpc) is 2.37. The van der Waals surface area contributed by atoms with Crippen molar-refractivity contribution in [3.05, 3.63) is 58.3 Å². The molecule has 1 heterocycles. The zero-order chi connectivity index (χ0) is 13.0. The Morgan fingerprint density at radius 3 is 2.78 bits per heavy atom. The first kappa shape index (κ1) is 13.1. The first-order valence-corrected chi connectivity index (χ1v) is 6.53. The fraction of sp³-hybridized carbons (Fsp3) is 0.214. The van der Waals surface area contributed by atoms with Crippen molar-refractivity contribution in [2.45, 2.75) is 19.6 Å². The van der Waals surface area contributed by atoms with Crippen molar-refractivity contribution < 1.29 is 4.74 Å². The van der Waals surface area contributed by atoms with Crippen LogP contribution in [0.25, 0.3) is 0 Å². The summed E-state index contributed by atoms with van der Waals surface area (Å²) in [6.07, 6.45) is 1.71. The summed E-state index contributed by atoms with van der Waals surface area (Å²) in [5.41, 5.74) is 7.71. The van der Waals surface area contributed by atoms with Gasteiger partial charge in [0.25, 0.3) is 0 Å². The van der Waals surface area contributed by atoms with Gasteiger partial charge in [-0.05, 0) is 36.8 Å². The highest BCUT2D eigenvalue weighted by molar-refractivity contribution is 9.10. The van der Waals surface area contributed by atoms with Crippen LogP contribution < -0.4 is 10.5 Å². The summed E-state index contributed by atoms with van der Waals surface area (Å²) in [6, 6.07) is 11.8. The van der Waals surface area contributed by atoms with Gasteiger partial charge < -0.3 is 10.5 Å². The van der Waals surface area contributed by atoms with Crippen LogP contribution in [0.4, 0.5) is 0 Å². The number of benzene rings is 1. The molecule has 1 aromatic carbocycles. The molecule has 1 aromatic heterocycles. The molecule has 0 radical (unpaired) electrons. The lowest BCUT2D eigenvalue weighted by molar-refractivity contribution is 0.304. The monoisotopic (exact) mass is 306 g/mol. The van der Waals surface area contributed by atoms with E-state index >= 15 is 0 Å². The SMILES string of the molecule is C[C@@H](N)c1ccc(OCc2cccc(Br)c2)cn1. The minimum absolute atomic E-state index is 0.0517. The van der Waals surface area contributed by atoms with Crippen molar-refractivity contribution in [2.75, 3.05) is 0 Å². The van der Waals surface area contributed by atoms with Crippen molar-refractivity contribution in [1.82, 2.24) is 4.98 Å². The molecule has 2 N–H and O–H groups in total. The van der Waals surface area contributed by atoms with Crippen molar-refractivity contribution in [3.8, 4) is 5.75 Å². The number of hydrogen-bond acceptors (Lipinski definition) is 3. The lowest BCUT2D eigenvalue weighted by Gasteiger charge is -2.08. The van der Waals surface area contributed by atoms with E-state index in [9.17, 15) is 0 Å². The van der Waals surface area contributed by atoms with E-state index in [4.69, 9.17) is 10.5 Å². The molecule has 0 bridgehead atoms. The third-order valence-electron chi connectivity index (χ3n) is 2.52. The number of pyridine rings is 1. The van der Waals surface area contributed by atoms with E-state index in [1.54, 1.807) is 6.20 Å². The molecule has 0 spiro atoms. The average molecular weight is 307 g/mol. The summed E-state index contributed by atoms with van der Waals surface area (Å²) in [5.74, 6) is 0.749. The highest BCUT2D eigenvalue weighted by atomic mass is 79.9. The van der Waals surface area contributed by atoms with Crippen LogP contribution in [0, 0.1) is 0 Å². The Hall–Kier alpha value is -1.39. The summed E-state index contributed by atoms with van der Waals surface area (Å²) in [4.78, 5) is 4.25. The van der Waals surface area contributed by atoms with Crippen LogP contribution in [0.15, 0.2) is 47.1 Å². The van der Waals surface area contributed by atoms with E-state index in [1.165, 1.54) is 0 Å². The highest BCUT2D eigenvalue weighted by Gasteiger charge is 2.01. The summed E-state index contributed by atoms with van der Waals surface area (Å²) in [6.45, 7) is 2.43. The molecule has 2 rings (SSSR count). The molecule has 94 valence electrons. The van der Waals surface area contributed by atoms with Crippen molar-refractivity contribution in [1.29, 1.82) is 0 Å². The van der Waals surface area contributed by atoms with Gasteiger partial charge in [-0.15, -0.1) is 0 Å². The number of aromatic nitrogens is 1. The normalized spacial score (nSPS) is 12.2. The smallest absolute Gasteiger partial charge is 0.138 e. The zero-order valence-electron chi connectivity index (χ0n) is 10.1. The van der Waals surface area contributed by atoms with E-state index in [-0.39, 0.29) is 6.04 Å². The van der Waals surface area contributed by atoms with Gasteiger partial charge in [-0.3, -0.25) is 4.98 Å². The first-order chi connectivity index (χ1) is 8.65. The summed E-state index contributed by atoms with van der Waals surface area (Å²) >= 11 is 3.43. The molecule has 0 fully saturated rings. The molecule has 0 aliphatic rings. The lowest BCUT2D eigenvalue weighted by Crippen LogP contribution is -2.07. The molecule has 2 aromatic rings. The van der Waals surface area contributed by atoms with Crippen molar-refractivity contribution >= 4 is 15.9 Å². The van der Waals surface area contributed by atoms with Gasteiger partial charge in [-0.2, -0.15) is 0 Å². The van der Waals surface area contributed by atoms with Crippen LogP contribution in [0.3, 0.4) is 0 Å². The quantitative estimate of drug-likeness (QED) is 0.941. The second-order valence-corrected chi connectivity index (χ2v) is 5.04. The molecule has 1 atom stereocenters. The number of nitrogens with zero attached hydrogens (tertiary/aromatic N) is 1. The predicted molar refractivity (Wildman–Crippen MR) is 75.3 cm³/mol. The number of rotatable bonds is 4. The van der Waals surface area contributed by atoms with Crippen LogP contribution in [0.1, 0.15) is 24.2 Å². The van der Waals surface area contributed by atoms with E-state index in [2.05, 4.69) is 20.9 Å². The van der Waals surface area contributed by atoms with E-state index < -0.39 is 0 Å². The fourth-order valence-corrected chi connectivity index (χ4v) is 1.99. The maximum Gasteiger partial charge on any atom is 0.138 e. The maximum atomic E-state index is 5.74. The standard InChI is InChI=1S/C14H15BrN2O/c1-10(16)14-6-5-13(8-17-14)18-9-11-3-2-4-12(15)7-11/h2-8,10H,9,16H2,1H3/t10-/m1/s1. The fourth-order valence-electron chi connectivity index (χ4n) is 1.54. The Morgan fingerprint density at radius 1 is 1.33 bits per heavy atom. The summed E-state index contributed by atoms with van der Waals surface area (Å²) < 4.78 is 6.71. The van der Waals surface area contributed by atoms with E-state index in [0.29, 0.717) is 6.61 Å². The van der Waals surface area contributed by atoms with Gasteiger partial charge in [0.05, 0.1) is 11.9 Å². The van der Waals surface area contributed by atoms with Gasteiger partial charge in [-0.1, -0.05) is 28.1 Å². The molecular weight excluding hydrogens is 292 g/mol. The van der Waals surface area contributed by atoms with Gasteiger partial charge in [0.2, 0.25) is 0 Å². The van der Waals surface area contributed by atoms with Crippen molar-refractivity contribution in [2.24, 2.45) is 5.73 Å². The Bertz CT molecular complexity index is 511. The van der Waals surface area contributed by atoms with E-state index in [0.717, 1.165) is 21.5 Å². The third-order valence-corrected chi connectivity index (χ3v) is 3.01. The van der Waals surface area contributed by atoms with Crippen LogP contribution in [0.2, 0.25) is 0 Å². The molecular formula is C14H15BrN2O. The van der Waals surface area contributed by atoms with Gasteiger partial charge in [0.1, 0.15) is 12.4 Å². The highest BCUT2D eigenvalue weighted by Crippen LogP contribution is 2.16. The zero-order valence-corrected chi connectivity index (χ0v) is 11.7. The van der Waals surface area contributed by atoms with Gasteiger partial charge in [0.15, 0.2) is 0 Å². The Balaban J connectivity index is 1.98. The van der Waals surface area contributed by atoms with Gasteiger partial charge in [0, 0.05) is 10.5 Å². The lowest BCUT2D eigenvalue weighted by atomic mass is 10.2. The van der Waals surface area contributed by atoms with Crippen LogP contribution in [0.5, 0.6) is 5.75 Å². The molecule has 0 aliphatic heterocycles. The largest absolute Gasteiger partial charge is 0.487 e. The minimum Gasteiger partial charge on any atom is -0.487 e. The molecule has 3 nitrogen and oxygen atoms in total. The first-order valence-electron chi connectivity index (χ1n) is 5.74. The Morgan fingerprint density at radius 2 is 2.17 bits per heavy atom. The molecule has 0 saturated heterocycles. The van der Waals surface area contributed by atoms with Crippen LogP contribution in [-0.4, -0.2) is 4.98 Å². The summed E-state index contributed by atoms with van der Waals surface area (Å²) in [7, 11) is 0. The number of ether oxygens (including phenoxy) is 1. The van der Waals surface area contributed by atoms with Crippen LogP contribution >= 0.6 is 15.9 Å². The van der Waals surface area contributed by atoms with Gasteiger partial charge in [-0.25, -0.2) is 0 Å². The minimum atomic E-state index is -0.0517. The molecule has 0 amide bonds. The molecule has 0 unspecified atom stereocenters. The van der Waals surface area contributed by atoms with E-state index in [1.807, 2.05) is 43.3 Å². The molecule has 4 heteroatoms. The molecule has 18 heavy (non-hydrogen) atoms. The Labute approximate surface area is 115 Å². The number of hydrogen-bond donors (Lipinski definition) is 1. The van der Waals surface area contributed by atoms with Crippen LogP contribution in [-0.2, 0) is 6.61 Å². The number of halogens is 1. The predicted octanol–water partition coefficient (Wildman–Crippen LogP) is 3.44. The van der Waals surface area contributed by atoms with Gasteiger partial charge >= 0.3 is 0 Å². The second-order valence-electron chi connectivity index (χ2n) is 4.13. The summed E-state index contributed by atoms with van der Waals surface area (Å²) in [5, 5.41) is 0. The van der Waals surface area contributed by atoms with Crippen molar-refractivity contribution in [3.63, 3.8) is 0 Å². The topological polar surface area (TPSA) is 48.1 Å². The second kappa shape index (κ2) is 5.98.